The summed E-state index contributed by atoms with van der Waals surface area (Å²) in [6.45, 7) is 3.97. The van der Waals surface area contributed by atoms with Crippen LogP contribution in [0.25, 0.3) is 10.8 Å². The minimum absolute atomic E-state index is 0.0213. The summed E-state index contributed by atoms with van der Waals surface area (Å²) in [4.78, 5) is 24.4. The number of carbonyl (C=O) groups excluding carboxylic acids is 2. The molecule has 27 heavy (non-hydrogen) atoms. The predicted molar refractivity (Wildman–Crippen MR) is 103 cm³/mol. The quantitative estimate of drug-likeness (QED) is 0.721. The average Bonchev–Trinajstić information content (AvgIpc) is 2.96. The van der Waals surface area contributed by atoms with Gasteiger partial charge in [-0.25, -0.2) is 4.68 Å². The molecule has 1 unspecified atom stereocenters. The maximum atomic E-state index is 12.5. The first-order valence-electron chi connectivity index (χ1n) is 9.09. The van der Waals surface area contributed by atoms with Crippen molar-refractivity contribution in [3.8, 4) is 0 Å². The second kappa shape index (κ2) is 6.87. The Labute approximate surface area is 157 Å². The van der Waals surface area contributed by atoms with E-state index in [9.17, 15) is 9.59 Å². The standard InChI is InChI=1S/C21H21N3O3/c1-3-27-19(26)12-24-21-20(13(2)23-24)17(11-18(25)22-21)16-10-6-8-14-7-4-5-9-15(14)16/h4-10,17H,3,11-12H2,1-2H3,(H,22,25). The van der Waals surface area contributed by atoms with Gasteiger partial charge in [-0.2, -0.15) is 5.10 Å². The van der Waals surface area contributed by atoms with Crippen LogP contribution in [-0.4, -0.2) is 28.3 Å². The molecule has 3 aromatic rings. The van der Waals surface area contributed by atoms with Crippen molar-refractivity contribution in [2.45, 2.75) is 32.7 Å². The third kappa shape index (κ3) is 3.07. The summed E-state index contributed by atoms with van der Waals surface area (Å²) in [5, 5.41) is 9.67. The fourth-order valence-electron chi connectivity index (χ4n) is 3.88. The van der Waals surface area contributed by atoms with Gasteiger partial charge in [0.1, 0.15) is 12.4 Å². The van der Waals surface area contributed by atoms with E-state index >= 15 is 0 Å². The second-order valence-corrected chi connectivity index (χ2v) is 6.68. The van der Waals surface area contributed by atoms with Gasteiger partial charge in [0.15, 0.2) is 0 Å². The summed E-state index contributed by atoms with van der Waals surface area (Å²) in [6, 6.07) is 14.3. The fraction of sp³-hybridized carbons (Fsp3) is 0.286. The lowest BCUT2D eigenvalue weighted by molar-refractivity contribution is -0.144. The molecule has 1 aliphatic rings. The Bertz CT molecular complexity index is 1030. The molecular formula is C21H21N3O3. The van der Waals surface area contributed by atoms with E-state index in [0.29, 0.717) is 18.8 Å². The number of rotatable bonds is 4. The number of hydrogen-bond donors (Lipinski definition) is 1. The topological polar surface area (TPSA) is 73.2 Å². The Morgan fingerprint density at radius 1 is 1.26 bits per heavy atom. The van der Waals surface area contributed by atoms with Crippen LogP contribution >= 0.6 is 0 Å². The highest BCUT2D eigenvalue weighted by atomic mass is 16.5. The molecule has 1 N–H and O–H groups in total. The van der Waals surface area contributed by atoms with Crippen molar-refractivity contribution < 1.29 is 14.3 Å². The van der Waals surface area contributed by atoms with Gasteiger partial charge in [-0.05, 0) is 30.2 Å². The Morgan fingerprint density at radius 3 is 2.85 bits per heavy atom. The van der Waals surface area contributed by atoms with Gasteiger partial charge in [0.2, 0.25) is 5.91 Å². The molecule has 1 amide bonds. The largest absolute Gasteiger partial charge is 0.465 e. The molecule has 0 saturated carbocycles. The van der Waals surface area contributed by atoms with Crippen LogP contribution in [0.2, 0.25) is 0 Å². The molecule has 1 aliphatic heterocycles. The fourth-order valence-corrected chi connectivity index (χ4v) is 3.88. The molecule has 0 aliphatic carbocycles. The van der Waals surface area contributed by atoms with Crippen molar-refractivity contribution in [3.63, 3.8) is 0 Å². The van der Waals surface area contributed by atoms with Crippen molar-refractivity contribution in [1.82, 2.24) is 9.78 Å². The number of aromatic nitrogens is 2. The normalized spacial score (nSPS) is 16.1. The summed E-state index contributed by atoms with van der Waals surface area (Å²) in [6.07, 6.45) is 0.354. The van der Waals surface area contributed by atoms with Crippen LogP contribution in [0, 0.1) is 6.92 Å². The summed E-state index contributed by atoms with van der Waals surface area (Å²) in [5.74, 6) is 0.0420. The Hall–Kier alpha value is -3.15. The van der Waals surface area contributed by atoms with E-state index in [0.717, 1.165) is 27.6 Å². The number of nitrogens with one attached hydrogen (secondary N) is 1. The average molecular weight is 363 g/mol. The zero-order valence-corrected chi connectivity index (χ0v) is 15.4. The number of esters is 1. The van der Waals surface area contributed by atoms with Crippen LogP contribution in [0.15, 0.2) is 42.5 Å². The molecule has 2 heterocycles. The third-order valence-electron chi connectivity index (χ3n) is 4.95. The Kier molecular flexibility index (Phi) is 4.39. The van der Waals surface area contributed by atoms with Crippen molar-refractivity contribution in [3.05, 3.63) is 59.3 Å². The summed E-state index contributed by atoms with van der Waals surface area (Å²) in [5.41, 5.74) is 2.88. The molecule has 1 atom stereocenters. The van der Waals surface area contributed by atoms with E-state index in [1.807, 2.05) is 25.1 Å². The lowest BCUT2D eigenvalue weighted by Gasteiger charge is -2.25. The van der Waals surface area contributed by atoms with Gasteiger partial charge in [-0.3, -0.25) is 9.59 Å². The molecule has 0 saturated heterocycles. The Balaban J connectivity index is 1.83. The van der Waals surface area contributed by atoms with Crippen LogP contribution in [0.5, 0.6) is 0 Å². The van der Waals surface area contributed by atoms with E-state index in [4.69, 9.17) is 4.74 Å². The smallest absolute Gasteiger partial charge is 0.327 e. The van der Waals surface area contributed by atoms with Crippen molar-refractivity contribution in [2.75, 3.05) is 11.9 Å². The second-order valence-electron chi connectivity index (χ2n) is 6.68. The predicted octanol–water partition coefficient (Wildman–Crippen LogP) is 3.38. The maximum absolute atomic E-state index is 12.5. The number of nitrogens with zero attached hydrogens (tertiary/aromatic N) is 2. The lowest BCUT2D eigenvalue weighted by Crippen LogP contribution is -2.26. The SMILES string of the molecule is CCOC(=O)Cn1nc(C)c2c1NC(=O)CC2c1cccc2ccccc12. The van der Waals surface area contributed by atoms with Gasteiger partial charge in [0.25, 0.3) is 0 Å². The van der Waals surface area contributed by atoms with Crippen LogP contribution in [0.3, 0.4) is 0 Å². The van der Waals surface area contributed by atoms with Gasteiger partial charge >= 0.3 is 5.97 Å². The van der Waals surface area contributed by atoms with Gasteiger partial charge in [0.05, 0.1) is 12.3 Å². The van der Waals surface area contributed by atoms with E-state index in [1.165, 1.54) is 4.68 Å². The number of fused-ring (bicyclic) bond motifs is 2. The first-order chi connectivity index (χ1) is 13.1. The number of benzene rings is 2. The van der Waals surface area contributed by atoms with Crippen LogP contribution in [0.4, 0.5) is 5.82 Å². The number of ether oxygens (including phenoxy) is 1. The maximum Gasteiger partial charge on any atom is 0.327 e. The molecule has 6 nitrogen and oxygen atoms in total. The molecule has 4 rings (SSSR count). The number of hydrogen-bond acceptors (Lipinski definition) is 4. The Morgan fingerprint density at radius 2 is 2.04 bits per heavy atom. The number of aryl methyl sites for hydroxylation is 1. The molecule has 0 fully saturated rings. The van der Waals surface area contributed by atoms with Crippen molar-refractivity contribution in [1.29, 1.82) is 0 Å². The number of amides is 1. The zero-order valence-electron chi connectivity index (χ0n) is 15.4. The minimum atomic E-state index is -0.371. The molecule has 0 bridgehead atoms. The lowest BCUT2D eigenvalue weighted by atomic mass is 9.83. The molecular weight excluding hydrogens is 342 g/mol. The molecule has 0 spiro atoms. The minimum Gasteiger partial charge on any atom is -0.465 e. The van der Waals surface area contributed by atoms with Gasteiger partial charge < -0.3 is 10.1 Å². The van der Waals surface area contributed by atoms with Crippen LogP contribution in [-0.2, 0) is 20.9 Å². The highest BCUT2D eigenvalue weighted by Crippen LogP contribution is 2.41. The van der Waals surface area contributed by atoms with E-state index in [2.05, 4.69) is 34.7 Å². The molecule has 6 heteroatoms. The van der Waals surface area contributed by atoms with Crippen molar-refractivity contribution in [2.24, 2.45) is 0 Å². The van der Waals surface area contributed by atoms with E-state index < -0.39 is 0 Å². The first-order valence-corrected chi connectivity index (χ1v) is 9.09. The molecule has 2 aromatic carbocycles. The van der Waals surface area contributed by atoms with Gasteiger partial charge in [-0.1, -0.05) is 42.5 Å². The summed E-state index contributed by atoms with van der Waals surface area (Å²) < 4.78 is 6.57. The van der Waals surface area contributed by atoms with E-state index in [1.54, 1.807) is 6.92 Å². The highest BCUT2D eigenvalue weighted by molar-refractivity contribution is 5.96. The van der Waals surface area contributed by atoms with E-state index in [-0.39, 0.29) is 24.3 Å². The number of anilines is 1. The third-order valence-corrected chi connectivity index (χ3v) is 4.95. The van der Waals surface area contributed by atoms with Gasteiger partial charge in [0, 0.05) is 17.9 Å². The van der Waals surface area contributed by atoms with Crippen LogP contribution in [0.1, 0.15) is 36.1 Å². The first kappa shape index (κ1) is 17.3. The zero-order chi connectivity index (χ0) is 19.0. The molecule has 0 radical (unpaired) electrons. The summed E-state index contributed by atoms with van der Waals surface area (Å²) >= 11 is 0. The summed E-state index contributed by atoms with van der Waals surface area (Å²) in [7, 11) is 0. The monoisotopic (exact) mass is 363 g/mol. The van der Waals surface area contributed by atoms with Gasteiger partial charge in [-0.15, -0.1) is 0 Å². The van der Waals surface area contributed by atoms with Crippen molar-refractivity contribution >= 4 is 28.5 Å². The number of carbonyl (C=O) groups is 2. The highest BCUT2D eigenvalue weighted by Gasteiger charge is 2.33. The molecule has 138 valence electrons. The molecule has 1 aromatic heterocycles. The van der Waals surface area contributed by atoms with Crippen LogP contribution < -0.4 is 5.32 Å².